The molecule has 0 fully saturated rings. The maximum atomic E-state index is 9.97. The number of hydrogen-bond acceptors (Lipinski definition) is 4. The van der Waals surface area contributed by atoms with Gasteiger partial charge in [-0.2, -0.15) is 5.26 Å². The largest absolute Gasteiger partial charge is 0.497 e. The second kappa shape index (κ2) is 8.69. The van der Waals surface area contributed by atoms with Crippen molar-refractivity contribution in [3.8, 4) is 34.2 Å². The summed E-state index contributed by atoms with van der Waals surface area (Å²) in [5.41, 5.74) is 4.68. The van der Waals surface area contributed by atoms with Crippen LogP contribution in [0.4, 0.5) is 11.5 Å². The number of pyridine rings is 1. The van der Waals surface area contributed by atoms with E-state index in [1.807, 2.05) is 84.9 Å². The Hall–Kier alpha value is -3.81. The first kappa shape index (κ1) is 19.5. The monoisotopic (exact) mass is 411 g/mol. The molecule has 0 amide bonds. The molecular weight excluding hydrogens is 394 g/mol. The Labute approximate surface area is 180 Å². The van der Waals surface area contributed by atoms with Crippen molar-refractivity contribution in [3.63, 3.8) is 0 Å². The van der Waals surface area contributed by atoms with E-state index in [4.69, 9.17) is 21.3 Å². The Balaban J connectivity index is 1.90. The van der Waals surface area contributed by atoms with Crippen LogP contribution in [-0.2, 0) is 0 Å². The number of methoxy groups -OCH3 is 1. The van der Waals surface area contributed by atoms with Crippen molar-refractivity contribution in [2.45, 2.75) is 0 Å². The normalized spacial score (nSPS) is 10.3. The summed E-state index contributed by atoms with van der Waals surface area (Å²) in [5, 5.41) is 13.9. The molecule has 146 valence electrons. The number of nitrogens with zero attached hydrogens (tertiary/aromatic N) is 2. The number of nitriles is 1. The molecule has 30 heavy (non-hydrogen) atoms. The van der Waals surface area contributed by atoms with Gasteiger partial charge in [0.15, 0.2) is 0 Å². The van der Waals surface area contributed by atoms with Crippen LogP contribution in [-0.4, -0.2) is 12.1 Å². The van der Waals surface area contributed by atoms with Gasteiger partial charge < -0.3 is 10.1 Å². The zero-order valence-electron chi connectivity index (χ0n) is 16.3. The fourth-order valence-corrected chi connectivity index (χ4v) is 3.30. The van der Waals surface area contributed by atoms with E-state index in [1.54, 1.807) is 7.11 Å². The van der Waals surface area contributed by atoms with Crippen LogP contribution in [0.2, 0.25) is 5.02 Å². The molecular formula is C25H18ClN3O. The first-order valence-corrected chi connectivity index (χ1v) is 9.73. The van der Waals surface area contributed by atoms with Crippen LogP contribution >= 0.6 is 11.6 Å². The topological polar surface area (TPSA) is 57.9 Å². The number of anilines is 2. The van der Waals surface area contributed by atoms with Crippen molar-refractivity contribution < 1.29 is 4.74 Å². The summed E-state index contributed by atoms with van der Waals surface area (Å²) in [4.78, 5) is 4.76. The lowest BCUT2D eigenvalue weighted by atomic mass is 9.98. The summed E-state index contributed by atoms with van der Waals surface area (Å²) in [7, 11) is 1.63. The lowest BCUT2D eigenvalue weighted by molar-refractivity contribution is 0.415. The van der Waals surface area contributed by atoms with Gasteiger partial charge in [0.05, 0.1) is 12.8 Å². The third kappa shape index (κ3) is 4.12. The average molecular weight is 412 g/mol. The molecule has 0 atom stereocenters. The highest BCUT2D eigenvalue weighted by Crippen LogP contribution is 2.34. The van der Waals surface area contributed by atoms with Crippen LogP contribution in [0.5, 0.6) is 5.75 Å². The minimum Gasteiger partial charge on any atom is -0.497 e. The van der Waals surface area contributed by atoms with Crippen molar-refractivity contribution in [3.05, 3.63) is 95.5 Å². The van der Waals surface area contributed by atoms with E-state index in [1.165, 1.54) is 0 Å². The van der Waals surface area contributed by atoms with Crippen LogP contribution in [0.15, 0.2) is 84.9 Å². The number of nitrogens with one attached hydrogen (secondary N) is 1. The van der Waals surface area contributed by atoms with Crippen molar-refractivity contribution >= 4 is 23.1 Å². The van der Waals surface area contributed by atoms with E-state index >= 15 is 0 Å². The van der Waals surface area contributed by atoms with Gasteiger partial charge in [0.25, 0.3) is 0 Å². The minimum absolute atomic E-state index is 0.474. The maximum absolute atomic E-state index is 9.97. The van der Waals surface area contributed by atoms with Gasteiger partial charge in [-0.15, -0.1) is 0 Å². The van der Waals surface area contributed by atoms with E-state index in [9.17, 15) is 5.26 Å². The Morgan fingerprint density at radius 2 is 1.57 bits per heavy atom. The third-order valence-corrected chi connectivity index (χ3v) is 4.96. The van der Waals surface area contributed by atoms with Gasteiger partial charge in [0.2, 0.25) is 0 Å². The molecule has 0 unspecified atom stereocenters. The van der Waals surface area contributed by atoms with Crippen LogP contribution in [0.3, 0.4) is 0 Å². The molecule has 0 bridgehead atoms. The number of benzene rings is 3. The molecule has 4 aromatic rings. The fraction of sp³-hybridized carbons (Fsp3) is 0.0400. The molecule has 0 radical (unpaired) electrons. The van der Waals surface area contributed by atoms with Crippen molar-refractivity contribution in [1.82, 2.24) is 4.98 Å². The zero-order valence-corrected chi connectivity index (χ0v) is 17.0. The Morgan fingerprint density at radius 1 is 0.900 bits per heavy atom. The van der Waals surface area contributed by atoms with E-state index in [0.29, 0.717) is 16.4 Å². The number of rotatable bonds is 5. The van der Waals surface area contributed by atoms with Gasteiger partial charge in [0, 0.05) is 21.8 Å². The fourth-order valence-electron chi connectivity index (χ4n) is 3.17. The zero-order chi connectivity index (χ0) is 20.9. The highest BCUT2D eigenvalue weighted by Gasteiger charge is 2.16. The third-order valence-electron chi connectivity index (χ3n) is 4.71. The Morgan fingerprint density at radius 3 is 2.20 bits per heavy atom. The molecule has 0 aliphatic carbocycles. The molecule has 4 rings (SSSR count). The molecule has 0 aliphatic rings. The quantitative estimate of drug-likeness (QED) is 0.397. The molecule has 1 aromatic heterocycles. The number of hydrogen-bond donors (Lipinski definition) is 1. The number of halogens is 1. The van der Waals surface area contributed by atoms with Crippen LogP contribution < -0.4 is 10.1 Å². The van der Waals surface area contributed by atoms with Crippen LogP contribution in [0.1, 0.15) is 5.56 Å². The maximum Gasteiger partial charge on any atom is 0.149 e. The standard InChI is InChI=1S/C25H18ClN3O/c1-30-21-13-9-17(10-14-21)22-15-24(18-7-11-19(26)12-8-18)29-25(23(22)16-27)28-20-5-3-2-4-6-20/h2-15H,1H3,(H,28,29). The smallest absolute Gasteiger partial charge is 0.149 e. The highest BCUT2D eigenvalue weighted by atomic mass is 35.5. The molecule has 5 heteroatoms. The predicted molar refractivity (Wildman–Crippen MR) is 121 cm³/mol. The molecule has 0 aliphatic heterocycles. The second-order valence-corrected chi connectivity index (χ2v) is 7.05. The number of aromatic nitrogens is 1. The molecule has 1 heterocycles. The minimum atomic E-state index is 0.474. The van der Waals surface area contributed by atoms with Crippen LogP contribution in [0, 0.1) is 11.3 Å². The molecule has 3 aromatic carbocycles. The van der Waals surface area contributed by atoms with Crippen molar-refractivity contribution in [2.75, 3.05) is 12.4 Å². The first-order valence-electron chi connectivity index (χ1n) is 9.35. The van der Waals surface area contributed by atoms with Crippen molar-refractivity contribution in [1.29, 1.82) is 5.26 Å². The second-order valence-electron chi connectivity index (χ2n) is 6.62. The molecule has 0 saturated heterocycles. The van der Waals surface area contributed by atoms with E-state index < -0.39 is 0 Å². The highest BCUT2D eigenvalue weighted by molar-refractivity contribution is 6.30. The Bertz CT molecular complexity index is 1200. The van der Waals surface area contributed by atoms with E-state index in [-0.39, 0.29) is 0 Å². The molecule has 0 saturated carbocycles. The van der Waals surface area contributed by atoms with Gasteiger partial charge in [-0.25, -0.2) is 4.98 Å². The number of ether oxygens (including phenoxy) is 1. The van der Waals surface area contributed by atoms with Gasteiger partial charge in [-0.05, 0) is 48.0 Å². The van der Waals surface area contributed by atoms with Gasteiger partial charge >= 0.3 is 0 Å². The molecule has 4 nitrogen and oxygen atoms in total. The summed E-state index contributed by atoms with van der Waals surface area (Å²) >= 11 is 6.05. The van der Waals surface area contributed by atoms with Gasteiger partial charge in [-0.3, -0.25) is 0 Å². The predicted octanol–water partition coefficient (Wildman–Crippen LogP) is 6.69. The summed E-state index contributed by atoms with van der Waals surface area (Å²) in [5.74, 6) is 1.26. The summed E-state index contributed by atoms with van der Waals surface area (Å²) in [6, 6.07) is 29.1. The SMILES string of the molecule is COc1ccc(-c2cc(-c3ccc(Cl)cc3)nc(Nc3ccccc3)c2C#N)cc1. The summed E-state index contributed by atoms with van der Waals surface area (Å²) in [6.45, 7) is 0. The van der Waals surface area contributed by atoms with Crippen LogP contribution in [0.25, 0.3) is 22.4 Å². The lowest BCUT2D eigenvalue weighted by Gasteiger charge is -2.14. The molecule has 0 spiro atoms. The molecule has 1 N–H and O–H groups in total. The van der Waals surface area contributed by atoms with E-state index in [0.717, 1.165) is 33.8 Å². The first-order chi connectivity index (χ1) is 14.7. The van der Waals surface area contributed by atoms with Crippen molar-refractivity contribution in [2.24, 2.45) is 0 Å². The summed E-state index contributed by atoms with van der Waals surface area (Å²) in [6.07, 6.45) is 0. The summed E-state index contributed by atoms with van der Waals surface area (Å²) < 4.78 is 5.27. The van der Waals surface area contributed by atoms with Gasteiger partial charge in [0.1, 0.15) is 23.2 Å². The average Bonchev–Trinajstić information content (AvgIpc) is 2.80. The van der Waals surface area contributed by atoms with Gasteiger partial charge in [-0.1, -0.05) is 54.1 Å². The van der Waals surface area contributed by atoms with E-state index in [2.05, 4.69) is 11.4 Å². The lowest BCUT2D eigenvalue weighted by Crippen LogP contribution is -2.01. The number of para-hydroxylation sites is 1. The Kier molecular flexibility index (Phi) is 5.65.